The Labute approximate surface area is 99.1 Å². The van der Waals surface area contributed by atoms with Gasteiger partial charge in [0, 0.05) is 19.4 Å². The third kappa shape index (κ3) is 8.56. The first-order chi connectivity index (χ1) is 7.91. The Bertz CT molecular complexity index is 260. The molecule has 0 rings (SSSR count). The first-order valence-electron chi connectivity index (χ1n) is 5.52. The molecule has 0 radical (unpaired) electrons. The Morgan fingerprint density at radius 2 is 1.71 bits per heavy atom. The maximum atomic E-state index is 12.7. The maximum Gasteiger partial charge on any atom is 0.277 e. The number of hydrogen-bond acceptors (Lipinski definition) is 3. The van der Waals surface area contributed by atoms with Gasteiger partial charge in [0.05, 0.1) is 13.1 Å². The molecule has 0 saturated heterocycles. The Morgan fingerprint density at radius 3 is 2.18 bits per heavy atom. The van der Waals surface area contributed by atoms with Gasteiger partial charge in [0.25, 0.3) is 5.92 Å². The van der Waals surface area contributed by atoms with E-state index < -0.39 is 24.9 Å². The highest BCUT2D eigenvalue weighted by atomic mass is 19.3. The van der Waals surface area contributed by atoms with Gasteiger partial charge in [-0.25, -0.2) is 8.78 Å². The Kier molecular flexibility index (Phi) is 7.36. The summed E-state index contributed by atoms with van der Waals surface area (Å²) in [5, 5.41) is 4.62. The normalized spacial score (nSPS) is 11.1. The molecule has 0 aromatic heterocycles. The van der Waals surface area contributed by atoms with Crippen LogP contribution in [0.15, 0.2) is 0 Å². The van der Waals surface area contributed by atoms with E-state index in [9.17, 15) is 18.4 Å². The zero-order valence-electron chi connectivity index (χ0n) is 9.89. The minimum Gasteiger partial charge on any atom is -0.356 e. The standard InChI is InChI=1S/C10H19F2N3O2/c1-2-5-14-8(16)3-4-9(17)15-7-10(11,12)6-13/h2-7,13H2,1H3,(H,14,16)(H,15,17). The maximum absolute atomic E-state index is 12.7. The molecule has 0 heterocycles. The topological polar surface area (TPSA) is 84.2 Å². The van der Waals surface area contributed by atoms with Crippen molar-refractivity contribution in [3.8, 4) is 0 Å². The van der Waals surface area contributed by atoms with Crippen LogP contribution in [0.4, 0.5) is 8.78 Å². The van der Waals surface area contributed by atoms with Gasteiger partial charge in [0.2, 0.25) is 11.8 Å². The zero-order chi connectivity index (χ0) is 13.3. The number of nitrogens with one attached hydrogen (secondary N) is 2. The van der Waals surface area contributed by atoms with Crippen LogP contribution in [0.3, 0.4) is 0 Å². The van der Waals surface area contributed by atoms with Gasteiger partial charge in [-0.3, -0.25) is 9.59 Å². The number of carbonyl (C=O) groups is 2. The molecule has 0 spiro atoms. The lowest BCUT2D eigenvalue weighted by Crippen LogP contribution is -2.41. The van der Waals surface area contributed by atoms with Crippen molar-refractivity contribution in [2.24, 2.45) is 5.73 Å². The fourth-order valence-corrected chi connectivity index (χ4v) is 0.968. The van der Waals surface area contributed by atoms with Gasteiger partial charge in [-0.05, 0) is 6.42 Å². The molecule has 0 aliphatic carbocycles. The van der Waals surface area contributed by atoms with E-state index in [0.29, 0.717) is 6.54 Å². The summed E-state index contributed by atoms with van der Waals surface area (Å²) in [4.78, 5) is 22.2. The fraction of sp³-hybridized carbons (Fsp3) is 0.800. The van der Waals surface area contributed by atoms with E-state index >= 15 is 0 Å². The molecule has 0 fully saturated rings. The fourth-order valence-electron chi connectivity index (χ4n) is 0.968. The second kappa shape index (κ2) is 7.94. The molecule has 0 unspecified atom stereocenters. The molecule has 7 heteroatoms. The van der Waals surface area contributed by atoms with Crippen molar-refractivity contribution in [1.82, 2.24) is 10.6 Å². The minimum absolute atomic E-state index is 0.0000295. The van der Waals surface area contributed by atoms with E-state index in [1.54, 1.807) is 0 Å². The first-order valence-corrected chi connectivity index (χ1v) is 5.52. The average Bonchev–Trinajstić information content (AvgIpc) is 2.31. The molecule has 5 nitrogen and oxygen atoms in total. The summed E-state index contributed by atoms with van der Waals surface area (Å²) in [5.41, 5.74) is 4.80. The van der Waals surface area contributed by atoms with Crippen LogP contribution in [0.1, 0.15) is 26.2 Å². The predicted molar refractivity (Wildman–Crippen MR) is 59.5 cm³/mol. The highest BCUT2D eigenvalue weighted by Gasteiger charge is 2.27. The molecule has 0 aromatic carbocycles. The number of amides is 2. The van der Waals surface area contributed by atoms with Crippen LogP contribution in [-0.4, -0.2) is 37.4 Å². The van der Waals surface area contributed by atoms with Crippen LogP contribution in [0, 0.1) is 0 Å². The number of carbonyl (C=O) groups excluding carboxylic acids is 2. The lowest BCUT2D eigenvalue weighted by atomic mass is 10.2. The van der Waals surface area contributed by atoms with Crippen molar-refractivity contribution in [2.45, 2.75) is 32.1 Å². The predicted octanol–water partition coefficient (Wildman–Crippen LogP) is 0.00300. The van der Waals surface area contributed by atoms with Crippen LogP contribution >= 0.6 is 0 Å². The van der Waals surface area contributed by atoms with Crippen LogP contribution in [0.25, 0.3) is 0 Å². The van der Waals surface area contributed by atoms with Crippen molar-refractivity contribution >= 4 is 11.8 Å². The summed E-state index contributed by atoms with van der Waals surface area (Å²) in [5.74, 6) is -3.93. The summed E-state index contributed by atoms with van der Waals surface area (Å²) in [6.45, 7) is 0.844. The molecule has 2 amide bonds. The summed E-state index contributed by atoms with van der Waals surface area (Å²) < 4.78 is 25.3. The molecular formula is C10H19F2N3O2. The van der Waals surface area contributed by atoms with E-state index in [1.165, 1.54) is 0 Å². The van der Waals surface area contributed by atoms with Crippen LogP contribution < -0.4 is 16.4 Å². The molecule has 0 saturated carbocycles. The highest BCUT2D eigenvalue weighted by Crippen LogP contribution is 2.08. The molecular weight excluding hydrogens is 232 g/mol. The minimum atomic E-state index is -3.10. The molecule has 4 N–H and O–H groups in total. The van der Waals surface area contributed by atoms with E-state index in [-0.39, 0.29) is 18.7 Å². The van der Waals surface area contributed by atoms with Crippen molar-refractivity contribution in [2.75, 3.05) is 19.6 Å². The third-order valence-corrected chi connectivity index (χ3v) is 1.99. The summed E-state index contributed by atoms with van der Waals surface area (Å²) in [6.07, 6.45) is 0.705. The summed E-state index contributed by atoms with van der Waals surface area (Å²) >= 11 is 0. The molecule has 0 aliphatic rings. The number of halogens is 2. The van der Waals surface area contributed by atoms with E-state index in [4.69, 9.17) is 5.73 Å². The van der Waals surface area contributed by atoms with E-state index in [2.05, 4.69) is 5.32 Å². The van der Waals surface area contributed by atoms with Crippen molar-refractivity contribution in [1.29, 1.82) is 0 Å². The Morgan fingerprint density at radius 1 is 1.18 bits per heavy atom. The number of nitrogens with two attached hydrogens (primary N) is 1. The van der Waals surface area contributed by atoms with Gasteiger partial charge < -0.3 is 16.4 Å². The SMILES string of the molecule is CCCNC(=O)CCC(=O)NCC(F)(F)CN. The lowest BCUT2D eigenvalue weighted by molar-refractivity contribution is -0.127. The van der Waals surface area contributed by atoms with Gasteiger partial charge >= 0.3 is 0 Å². The zero-order valence-corrected chi connectivity index (χ0v) is 9.89. The summed E-state index contributed by atoms with van der Waals surface area (Å²) in [7, 11) is 0. The first kappa shape index (κ1) is 15.8. The Balaban J connectivity index is 3.70. The van der Waals surface area contributed by atoms with Gasteiger partial charge in [0.1, 0.15) is 0 Å². The largest absolute Gasteiger partial charge is 0.356 e. The third-order valence-electron chi connectivity index (χ3n) is 1.99. The van der Waals surface area contributed by atoms with Crippen LogP contribution in [-0.2, 0) is 9.59 Å². The smallest absolute Gasteiger partial charge is 0.277 e. The average molecular weight is 251 g/mol. The van der Waals surface area contributed by atoms with Gasteiger partial charge in [-0.1, -0.05) is 6.92 Å². The molecule has 0 aliphatic heterocycles. The second-order valence-electron chi connectivity index (χ2n) is 3.69. The van der Waals surface area contributed by atoms with Crippen molar-refractivity contribution in [3.63, 3.8) is 0 Å². The van der Waals surface area contributed by atoms with E-state index in [0.717, 1.165) is 6.42 Å². The van der Waals surface area contributed by atoms with Gasteiger partial charge in [-0.2, -0.15) is 0 Å². The van der Waals surface area contributed by atoms with Crippen LogP contribution in [0.2, 0.25) is 0 Å². The molecule has 100 valence electrons. The highest BCUT2D eigenvalue weighted by molar-refractivity contribution is 5.83. The molecule has 17 heavy (non-hydrogen) atoms. The lowest BCUT2D eigenvalue weighted by Gasteiger charge is -2.14. The van der Waals surface area contributed by atoms with Gasteiger partial charge in [0.15, 0.2) is 0 Å². The van der Waals surface area contributed by atoms with Crippen molar-refractivity contribution in [3.05, 3.63) is 0 Å². The molecule has 0 bridgehead atoms. The van der Waals surface area contributed by atoms with Crippen molar-refractivity contribution < 1.29 is 18.4 Å². The monoisotopic (exact) mass is 251 g/mol. The molecule has 0 aromatic rings. The quantitative estimate of drug-likeness (QED) is 0.568. The second-order valence-corrected chi connectivity index (χ2v) is 3.69. The number of hydrogen-bond donors (Lipinski definition) is 3. The molecule has 0 atom stereocenters. The van der Waals surface area contributed by atoms with E-state index in [1.807, 2.05) is 12.2 Å². The number of rotatable bonds is 8. The van der Waals surface area contributed by atoms with Crippen LogP contribution in [0.5, 0.6) is 0 Å². The Hall–Kier alpha value is -1.24. The number of alkyl halides is 2. The summed E-state index contributed by atoms with van der Waals surface area (Å²) in [6, 6.07) is 0. The van der Waals surface area contributed by atoms with Gasteiger partial charge in [-0.15, -0.1) is 0 Å².